The van der Waals surface area contributed by atoms with Crippen molar-refractivity contribution >= 4 is 39.0 Å². The maximum Gasteiger partial charge on any atom is 0.132 e. The Kier molecular flexibility index (Phi) is 8.15. The second-order valence-electron chi connectivity index (χ2n) is 18.6. The van der Waals surface area contributed by atoms with Gasteiger partial charge in [-0.1, -0.05) is 166 Å². The summed E-state index contributed by atoms with van der Waals surface area (Å²) in [5.74, 6) is 1.85. The number of para-hydroxylation sites is 1. The molecule has 306 valence electrons. The van der Waals surface area contributed by atoms with E-state index in [4.69, 9.17) is 4.74 Å². The fraction of sp³-hybridized carbons (Fsp3) is 0.129. The smallest absolute Gasteiger partial charge is 0.132 e. The van der Waals surface area contributed by atoms with Crippen molar-refractivity contribution in [1.29, 1.82) is 0 Å². The van der Waals surface area contributed by atoms with Crippen LogP contribution in [0.3, 0.4) is 0 Å². The molecule has 0 aromatic heterocycles. The molecule has 2 heteroatoms. The summed E-state index contributed by atoms with van der Waals surface area (Å²) in [6.45, 7) is 4.81. The van der Waals surface area contributed by atoms with Crippen LogP contribution in [0.2, 0.25) is 0 Å². The molecule has 1 atom stereocenters. The van der Waals surface area contributed by atoms with Gasteiger partial charge in [-0.05, 0) is 152 Å². The Balaban J connectivity index is 1.05. The van der Waals surface area contributed by atoms with Crippen molar-refractivity contribution < 1.29 is 4.74 Å². The molecule has 2 nitrogen and oxygen atoms in total. The third-order valence-corrected chi connectivity index (χ3v) is 14.9. The Hall–Kier alpha value is -7.42. The molecule has 1 spiro atoms. The van der Waals surface area contributed by atoms with Gasteiger partial charge in [0.15, 0.2) is 0 Å². The minimum Gasteiger partial charge on any atom is -0.457 e. The lowest BCUT2D eigenvalue weighted by molar-refractivity contribution is 0.432. The van der Waals surface area contributed by atoms with Crippen LogP contribution in [-0.2, 0) is 10.8 Å². The van der Waals surface area contributed by atoms with E-state index in [1.165, 1.54) is 88.7 Å². The zero-order valence-corrected chi connectivity index (χ0v) is 36.2. The number of hydrogen-bond donors (Lipinski definition) is 0. The average molecular weight is 822 g/mol. The van der Waals surface area contributed by atoms with E-state index in [1.807, 2.05) is 0 Å². The first-order chi connectivity index (χ1) is 31.5. The number of benzene rings is 8. The summed E-state index contributed by atoms with van der Waals surface area (Å²) < 4.78 is 6.94. The predicted octanol–water partition coefficient (Wildman–Crippen LogP) is 16.6. The lowest BCUT2D eigenvalue weighted by Crippen LogP contribution is -2.33. The summed E-state index contributed by atoms with van der Waals surface area (Å²) in [4.78, 5) is 2.50. The molecule has 0 amide bonds. The third-order valence-electron chi connectivity index (χ3n) is 14.9. The summed E-state index contributed by atoms with van der Waals surface area (Å²) in [5.41, 5.74) is 21.3. The molecule has 8 aromatic rings. The molecule has 1 aliphatic heterocycles. The lowest BCUT2D eigenvalue weighted by atomic mass is 9.64. The van der Waals surface area contributed by atoms with E-state index in [0.717, 1.165) is 54.2 Å². The van der Waals surface area contributed by atoms with Crippen molar-refractivity contribution in [3.05, 3.63) is 245 Å². The van der Waals surface area contributed by atoms with E-state index in [1.54, 1.807) is 0 Å². The molecule has 0 saturated carbocycles. The molecular weight excluding hydrogens is 775 g/mol. The zero-order chi connectivity index (χ0) is 42.6. The van der Waals surface area contributed by atoms with Gasteiger partial charge in [-0.15, -0.1) is 0 Å². The van der Waals surface area contributed by atoms with Crippen LogP contribution < -0.4 is 9.64 Å². The van der Waals surface area contributed by atoms with Crippen molar-refractivity contribution in [2.75, 3.05) is 4.90 Å². The average Bonchev–Trinajstić information content (AvgIpc) is 3.77. The Morgan fingerprint density at radius 3 is 2.08 bits per heavy atom. The second-order valence-corrected chi connectivity index (χ2v) is 18.6. The molecule has 0 bridgehead atoms. The van der Waals surface area contributed by atoms with Gasteiger partial charge in [0.25, 0.3) is 0 Å². The Morgan fingerprint density at radius 1 is 0.484 bits per heavy atom. The van der Waals surface area contributed by atoms with Gasteiger partial charge in [0, 0.05) is 33.6 Å². The van der Waals surface area contributed by atoms with Crippen LogP contribution >= 0.6 is 0 Å². The van der Waals surface area contributed by atoms with Crippen molar-refractivity contribution in [3.63, 3.8) is 0 Å². The van der Waals surface area contributed by atoms with E-state index < -0.39 is 5.41 Å². The van der Waals surface area contributed by atoms with Crippen LogP contribution in [0.4, 0.5) is 17.1 Å². The van der Waals surface area contributed by atoms with Gasteiger partial charge < -0.3 is 9.64 Å². The van der Waals surface area contributed by atoms with Crippen LogP contribution in [0.5, 0.6) is 11.5 Å². The van der Waals surface area contributed by atoms with Crippen LogP contribution in [0.15, 0.2) is 211 Å². The molecule has 5 aliphatic rings. The van der Waals surface area contributed by atoms with Gasteiger partial charge in [-0.2, -0.15) is 0 Å². The molecule has 0 radical (unpaired) electrons. The first kappa shape index (κ1) is 37.2. The maximum atomic E-state index is 6.94. The van der Waals surface area contributed by atoms with Crippen molar-refractivity contribution in [3.8, 4) is 33.8 Å². The van der Waals surface area contributed by atoms with Crippen molar-refractivity contribution in [2.24, 2.45) is 0 Å². The molecule has 64 heavy (non-hydrogen) atoms. The van der Waals surface area contributed by atoms with E-state index in [-0.39, 0.29) is 5.41 Å². The fourth-order valence-corrected chi connectivity index (χ4v) is 12.1. The Bertz CT molecular complexity index is 3400. The molecule has 13 rings (SSSR count). The van der Waals surface area contributed by atoms with Crippen LogP contribution in [-0.4, -0.2) is 0 Å². The quantitative estimate of drug-likeness (QED) is 0.171. The highest BCUT2D eigenvalue weighted by Gasteiger charge is 2.52. The van der Waals surface area contributed by atoms with Gasteiger partial charge >= 0.3 is 0 Å². The number of hydrogen-bond acceptors (Lipinski definition) is 2. The maximum absolute atomic E-state index is 6.94. The zero-order valence-electron chi connectivity index (χ0n) is 36.2. The summed E-state index contributed by atoms with van der Waals surface area (Å²) in [6, 6.07) is 65.5. The van der Waals surface area contributed by atoms with Gasteiger partial charge in [-0.3, -0.25) is 0 Å². The van der Waals surface area contributed by atoms with Gasteiger partial charge in [0.1, 0.15) is 11.5 Å². The van der Waals surface area contributed by atoms with Gasteiger partial charge in [-0.25, -0.2) is 0 Å². The SMILES string of the molecule is CC1(C)C2=C(CCC=C2)c2ccc(N(c3cccc(-c4ccc5ccccc5c4-c4ccccc4)c3)c3ccc4c(c3)C3(C5=C(C=CCC5)c5ccccc53)c3ccccc3O4)cc21. The molecule has 0 N–H and O–H groups in total. The normalized spacial score (nSPS) is 18.3. The highest BCUT2D eigenvalue weighted by molar-refractivity contribution is 6.04. The summed E-state index contributed by atoms with van der Waals surface area (Å²) in [5, 5.41) is 2.49. The Labute approximate surface area is 375 Å². The predicted molar refractivity (Wildman–Crippen MR) is 266 cm³/mol. The number of rotatable bonds is 5. The molecule has 4 aliphatic carbocycles. The molecule has 0 fully saturated rings. The van der Waals surface area contributed by atoms with Crippen LogP contribution in [0.25, 0.3) is 44.2 Å². The molecule has 0 saturated heterocycles. The van der Waals surface area contributed by atoms with E-state index in [0.29, 0.717) is 0 Å². The number of allylic oxidation sites excluding steroid dienone is 8. The number of fused-ring (bicyclic) bond motifs is 11. The van der Waals surface area contributed by atoms with Crippen LogP contribution in [0.1, 0.15) is 72.9 Å². The van der Waals surface area contributed by atoms with E-state index in [9.17, 15) is 0 Å². The topological polar surface area (TPSA) is 12.5 Å². The lowest BCUT2D eigenvalue weighted by Gasteiger charge is -2.42. The van der Waals surface area contributed by atoms with Gasteiger partial charge in [0.05, 0.1) is 5.41 Å². The summed E-state index contributed by atoms with van der Waals surface area (Å²) in [7, 11) is 0. The molecule has 1 heterocycles. The monoisotopic (exact) mass is 821 g/mol. The highest BCUT2D eigenvalue weighted by Crippen LogP contribution is 2.63. The standard InChI is InChI=1S/C62H47NO/c1-61(2)52-26-11-8-23-48(52)51-35-32-44(38-56(51)61)63(43-21-16-20-42(37-43)47-34-31-40-17-6-7-22-46(40)60(47)41-18-4-3-5-19-41)45-33-36-59-57(39-45)62(55-29-14-15-30-58(55)64-59)53-27-12-9-24-49(53)50-25-10-13-28-54(50)62/h3-7,9-12,14-22,24-27,29-39H,8,13,23,28H2,1-2H3. The van der Waals surface area contributed by atoms with Crippen molar-refractivity contribution in [2.45, 2.75) is 50.4 Å². The first-order valence-corrected chi connectivity index (χ1v) is 22.9. The summed E-state index contributed by atoms with van der Waals surface area (Å²) in [6.07, 6.45) is 13.7. The van der Waals surface area contributed by atoms with Crippen LogP contribution in [0, 0.1) is 0 Å². The Morgan fingerprint density at radius 2 is 1.17 bits per heavy atom. The van der Waals surface area contributed by atoms with Crippen molar-refractivity contribution in [1.82, 2.24) is 0 Å². The van der Waals surface area contributed by atoms with Gasteiger partial charge in [0.2, 0.25) is 0 Å². The first-order valence-electron chi connectivity index (χ1n) is 22.9. The number of ether oxygens (including phenoxy) is 1. The highest BCUT2D eigenvalue weighted by atomic mass is 16.5. The molecular formula is C62H47NO. The molecule has 1 unspecified atom stereocenters. The second kappa shape index (κ2) is 14.0. The van der Waals surface area contributed by atoms with E-state index >= 15 is 0 Å². The third kappa shape index (κ3) is 5.26. The summed E-state index contributed by atoms with van der Waals surface area (Å²) >= 11 is 0. The molecule has 8 aromatic carbocycles. The van der Waals surface area contributed by atoms with E-state index in [2.05, 4.69) is 219 Å². The minimum atomic E-state index is -0.491. The largest absolute Gasteiger partial charge is 0.457 e. The number of nitrogens with zero attached hydrogens (tertiary/aromatic N) is 1. The fourth-order valence-electron chi connectivity index (χ4n) is 12.1. The minimum absolute atomic E-state index is 0.108. The number of anilines is 3.